The summed E-state index contributed by atoms with van der Waals surface area (Å²) in [5, 5.41) is 6.86. The molecular formula is C19H25BFN3O3. The summed E-state index contributed by atoms with van der Waals surface area (Å²) in [5.41, 5.74) is 1.15. The van der Waals surface area contributed by atoms with E-state index in [1.165, 1.54) is 7.05 Å². The largest absolute Gasteiger partial charge is 0.496 e. The number of aromatic nitrogens is 2. The Balaban J connectivity index is 1.80. The number of aryl methyl sites for hydroxylation is 2. The standard InChI is InChI=1S/C19H25BFN3O3/c1-12-13(17(21)24(6)23-12)11-16(25)22-15-10-8-7-9-14(15)20-26-18(2,3)19(4,5)27-20/h7-10H,11H2,1-6H3,(H,22,25). The molecule has 6 nitrogen and oxygen atoms in total. The van der Waals surface area contributed by atoms with Gasteiger partial charge in [0.05, 0.1) is 23.3 Å². The van der Waals surface area contributed by atoms with Gasteiger partial charge in [-0.2, -0.15) is 9.49 Å². The zero-order chi connectivity index (χ0) is 20.0. The van der Waals surface area contributed by atoms with Crippen molar-refractivity contribution < 1.29 is 18.5 Å². The lowest BCUT2D eigenvalue weighted by Gasteiger charge is -2.32. The number of amides is 1. The summed E-state index contributed by atoms with van der Waals surface area (Å²) in [6.45, 7) is 9.58. The Bertz CT molecular complexity index is 863. The first-order chi connectivity index (χ1) is 12.5. The van der Waals surface area contributed by atoms with Crippen LogP contribution in [0.3, 0.4) is 0 Å². The van der Waals surface area contributed by atoms with Crippen LogP contribution in [0.4, 0.5) is 10.1 Å². The Morgan fingerprint density at radius 3 is 2.37 bits per heavy atom. The van der Waals surface area contributed by atoms with Crippen LogP contribution in [0.1, 0.15) is 39.0 Å². The van der Waals surface area contributed by atoms with Gasteiger partial charge in [-0.25, -0.2) is 4.68 Å². The molecule has 144 valence electrons. The van der Waals surface area contributed by atoms with Crippen LogP contribution in [-0.2, 0) is 27.6 Å². The van der Waals surface area contributed by atoms with Crippen molar-refractivity contribution in [2.75, 3.05) is 5.32 Å². The third-order valence-electron chi connectivity index (χ3n) is 5.35. The second kappa shape index (κ2) is 6.76. The molecule has 1 fully saturated rings. The van der Waals surface area contributed by atoms with Crippen LogP contribution in [-0.4, -0.2) is 34.0 Å². The van der Waals surface area contributed by atoms with E-state index in [4.69, 9.17) is 9.31 Å². The minimum absolute atomic E-state index is 0.0940. The van der Waals surface area contributed by atoms with E-state index < -0.39 is 24.3 Å². The molecule has 0 spiro atoms. The molecule has 3 rings (SSSR count). The van der Waals surface area contributed by atoms with E-state index in [0.29, 0.717) is 16.9 Å². The van der Waals surface area contributed by atoms with Gasteiger partial charge in [0.2, 0.25) is 11.9 Å². The van der Waals surface area contributed by atoms with E-state index in [9.17, 15) is 9.18 Å². The minimum Gasteiger partial charge on any atom is -0.399 e. The predicted molar refractivity (Wildman–Crippen MR) is 102 cm³/mol. The Kier molecular flexibility index (Phi) is 4.90. The molecule has 1 saturated heterocycles. The highest BCUT2D eigenvalue weighted by Gasteiger charge is 2.52. The molecule has 8 heteroatoms. The monoisotopic (exact) mass is 373 g/mol. The SMILES string of the molecule is Cc1nn(C)c(F)c1CC(=O)Nc1ccccc1B1OC(C)(C)C(C)(C)O1. The van der Waals surface area contributed by atoms with Gasteiger partial charge >= 0.3 is 7.12 Å². The summed E-state index contributed by atoms with van der Waals surface area (Å²) in [7, 11) is 0.917. The summed E-state index contributed by atoms with van der Waals surface area (Å²) in [6, 6.07) is 7.32. The zero-order valence-electron chi connectivity index (χ0n) is 16.6. The van der Waals surface area contributed by atoms with Crippen LogP contribution in [0.2, 0.25) is 0 Å². The van der Waals surface area contributed by atoms with Crippen molar-refractivity contribution >= 4 is 24.2 Å². The number of rotatable bonds is 4. The lowest BCUT2D eigenvalue weighted by Crippen LogP contribution is -2.41. The summed E-state index contributed by atoms with van der Waals surface area (Å²) in [4.78, 5) is 12.5. The van der Waals surface area contributed by atoms with Crippen molar-refractivity contribution in [1.82, 2.24) is 9.78 Å². The van der Waals surface area contributed by atoms with Gasteiger partial charge < -0.3 is 14.6 Å². The highest BCUT2D eigenvalue weighted by molar-refractivity contribution is 6.64. The smallest absolute Gasteiger partial charge is 0.399 e. The maximum absolute atomic E-state index is 14.1. The molecule has 1 aliphatic rings. The fourth-order valence-corrected chi connectivity index (χ4v) is 3.02. The minimum atomic E-state index is -0.594. The second-order valence-electron chi connectivity index (χ2n) is 7.88. The highest BCUT2D eigenvalue weighted by Crippen LogP contribution is 2.37. The zero-order valence-corrected chi connectivity index (χ0v) is 16.6. The second-order valence-corrected chi connectivity index (χ2v) is 7.88. The number of anilines is 1. The van der Waals surface area contributed by atoms with Gasteiger partial charge in [0.25, 0.3) is 0 Å². The van der Waals surface area contributed by atoms with Gasteiger partial charge in [-0.05, 0) is 40.7 Å². The number of hydrogen-bond acceptors (Lipinski definition) is 4. The third kappa shape index (κ3) is 3.64. The first-order valence-electron chi connectivity index (χ1n) is 8.94. The number of nitrogens with zero attached hydrogens (tertiary/aromatic N) is 2. The molecule has 1 aliphatic heterocycles. The predicted octanol–water partition coefficient (Wildman–Crippen LogP) is 2.35. The highest BCUT2D eigenvalue weighted by atomic mass is 19.1. The van der Waals surface area contributed by atoms with Gasteiger partial charge in [0.15, 0.2) is 0 Å². The lowest BCUT2D eigenvalue weighted by molar-refractivity contribution is -0.115. The average Bonchev–Trinajstić information content (AvgIpc) is 2.93. The molecule has 1 aromatic carbocycles. The fraction of sp³-hybridized carbons (Fsp3) is 0.474. The van der Waals surface area contributed by atoms with Crippen molar-refractivity contribution in [3.05, 3.63) is 41.5 Å². The van der Waals surface area contributed by atoms with E-state index in [0.717, 1.165) is 10.1 Å². The van der Waals surface area contributed by atoms with Gasteiger partial charge in [-0.15, -0.1) is 0 Å². The molecule has 27 heavy (non-hydrogen) atoms. The van der Waals surface area contributed by atoms with Crippen molar-refractivity contribution in [2.24, 2.45) is 7.05 Å². The maximum atomic E-state index is 14.1. The number of carbonyl (C=O) groups excluding carboxylic acids is 1. The van der Waals surface area contributed by atoms with Crippen LogP contribution < -0.4 is 10.8 Å². The van der Waals surface area contributed by atoms with Crippen molar-refractivity contribution in [3.63, 3.8) is 0 Å². The molecule has 2 heterocycles. The van der Waals surface area contributed by atoms with Gasteiger partial charge in [0, 0.05) is 23.8 Å². The Morgan fingerprint density at radius 2 is 1.81 bits per heavy atom. The molecule has 0 bridgehead atoms. The Morgan fingerprint density at radius 1 is 1.22 bits per heavy atom. The molecule has 0 unspecified atom stereocenters. The molecule has 2 aromatic rings. The Labute approximate surface area is 159 Å². The van der Waals surface area contributed by atoms with E-state index in [1.807, 2.05) is 45.9 Å². The topological polar surface area (TPSA) is 65.4 Å². The van der Waals surface area contributed by atoms with Gasteiger partial charge in [0.1, 0.15) is 0 Å². The number of halogens is 1. The number of carbonyl (C=O) groups is 1. The van der Waals surface area contributed by atoms with E-state index >= 15 is 0 Å². The summed E-state index contributed by atoms with van der Waals surface area (Å²) < 4.78 is 27.4. The fourth-order valence-electron chi connectivity index (χ4n) is 3.02. The van der Waals surface area contributed by atoms with E-state index in [-0.39, 0.29) is 12.3 Å². The summed E-state index contributed by atoms with van der Waals surface area (Å²) in [6.07, 6.45) is -0.0940. The number of benzene rings is 1. The van der Waals surface area contributed by atoms with Crippen LogP contribution in [0.5, 0.6) is 0 Å². The van der Waals surface area contributed by atoms with Crippen LogP contribution in [0.15, 0.2) is 24.3 Å². The van der Waals surface area contributed by atoms with Crippen molar-refractivity contribution in [3.8, 4) is 0 Å². The number of para-hydroxylation sites is 1. The van der Waals surface area contributed by atoms with Crippen LogP contribution in [0, 0.1) is 12.9 Å². The van der Waals surface area contributed by atoms with E-state index in [2.05, 4.69) is 10.4 Å². The summed E-state index contributed by atoms with van der Waals surface area (Å²) >= 11 is 0. The third-order valence-corrected chi connectivity index (χ3v) is 5.35. The first kappa shape index (κ1) is 19.6. The molecule has 1 N–H and O–H groups in total. The van der Waals surface area contributed by atoms with Crippen molar-refractivity contribution in [1.29, 1.82) is 0 Å². The number of nitrogens with one attached hydrogen (secondary N) is 1. The van der Waals surface area contributed by atoms with Crippen molar-refractivity contribution in [2.45, 2.75) is 52.2 Å². The molecule has 0 aliphatic carbocycles. The van der Waals surface area contributed by atoms with Crippen LogP contribution in [0.25, 0.3) is 0 Å². The quantitative estimate of drug-likeness (QED) is 0.836. The molecule has 1 amide bonds. The first-order valence-corrected chi connectivity index (χ1v) is 8.94. The number of hydrogen-bond donors (Lipinski definition) is 1. The Hall–Kier alpha value is -2.19. The van der Waals surface area contributed by atoms with Gasteiger partial charge in [-0.3, -0.25) is 4.79 Å². The maximum Gasteiger partial charge on any atom is 0.496 e. The van der Waals surface area contributed by atoms with Crippen LogP contribution >= 0.6 is 0 Å². The average molecular weight is 373 g/mol. The summed E-state index contributed by atoms with van der Waals surface area (Å²) in [5.74, 6) is -0.823. The molecule has 0 atom stereocenters. The normalized spacial score (nSPS) is 18.0. The lowest BCUT2D eigenvalue weighted by atomic mass is 9.78. The molecule has 0 radical (unpaired) electrons. The van der Waals surface area contributed by atoms with Gasteiger partial charge in [-0.1, -0.05) is 18.2 Å². The molecule has 1 aromatic heterocycles. The van der Waals surface area contributed by atoms with E-state index in [1.54, 1.807) is 13.0 Å². The molecule has 0 saturated carbocycles. The molecular weight excluding hydrogens is 348 g/mol.